The van der Waals surface area contributed by atoms with Gasteiger partial charge in [-0.3, -0.25) is 4.98 Å². The highest BCUT2D eigenvalue weighted by Crippen LogP contribution is 2.43. The lowest BCUT2D eigenvalue weighted by atomic mass is 10.0. The number of nitrogens with one attached hydrogen (secondary N) is 1. The van der Waals surface area contributed by atoms with Crippen molar-refractivity contribution in [1.29, 1.82) is 0 Å². The molecule has 0 amide bonds. The Morgan fingerprint density at radius 1 is 0.789 bits per heavy atom. The van der Waals surface area contributed by atoms with Gasteiger partial charge in [-0.05, 0) is 85.0 Å². The molecular weight excluding hydrogens is 494 g/mol. The molecule has 0 aliphatic carbocycles. The molecule has 0 saturated carbocycles. The first-order valence-corrected chi connectivity index (χ1v) is 12.7. The minimum atomic E-state index is -0.233. The van der Waals surface area contributed by atoms with E-state index in [9.17, 15) is 0 Å². The Labute approximate surface area is 226 Å². The maximum absolute atomic E-state index is 6.42. The van der Waals surface area contributed by atoms with Crippen molar-refractivity contribution in [3.8, 4) is 28.6 Å². The molecule has 0 unspecified atom stereocenters. The maximum Gasteiger partial charge on any atom is 0.174 e. The molecular formula is C31H25N3O3S. The van der Waals surface area contributed by atoms with E-state index < -0.39 is 0 Å². The standard InChI is InChI=1S/C31H25N3O3S/c1-35-23-14-16-25(17-15-23)36-24-12-10-22(11-13-24)34-30(29(33-31(34)38)26-9-5-6-20-32-26)28-19-18-27(37-28)21-7-3-2-4-8-21/h2-20,29-30H,1H3,(H,33,38)/t29-,30+/m1/s1. The number of methoxy groups -OCH3 is 1. The van der Waals surface area contributed by atoms with Gasteiger partial charge in [0.15, 0.2) is 5.11 Å². The summed E-state index contributed by atoms with van der Waals surface area (Å²) in [6, 6.07) is 34.9. The number of furan rings is 1. The van der Waals surface area contributed by atoms with Crippen molar-refractivity contribution >= 4 is 23.0 Å². The molecule has 1 N–H and O–H groups in total. The highest BCUT2D eigenvalue weighted by atomic mass is 32.1. The van der Waals surface area contributed by atoms with Gasteiger partial charge in [0.2, 0.25) is 0 Å². The number of hydrogen-bond donors (Lipinski definition) is 1. The van der Waals surface area contributed by atoms with E-state index in [-0.39, 0.29) is 12.1 Å². The number of anilines is 1. The molecule has 38 heavy (non-hydrogen) atoms. The SMILES string of the molecule is COc1ccc(Oc2ccc(N3C(=S)N[C@H](c4ccccn4)[C@@H]3c3ccc(-c4ccccc4)o3)cc2)cc1. The number of thiocarbonyl (C=S) groups is 1. The van der Waals surface area contributed by atoms with Gasteiger partial charge in [0.1, 0.15) is 34.8 Å². The van der Waals surface area contributed by atoms with Crippen molar-refractivity contribution in [1.82, 2.24) is 10.3 Å². The highest BCUT2D eigenvalue weighted by Gasteiger charge is 2.42. The number of nitrogens with zero attached hydrogens (tertiary/aromatic N) is 2. The van der Waals surface area contributed by atoms with Crippen LogP contribution in [0.15, 0.2) is 120 Å². The minimum Gasteiger partial charge on any atom is -0.497 e. The van der Waals surface area contributed by atoms with E-state index in [2.05, 4.69) is 15.2 Å². The highest BCUT2D eigenvalue weighted by molar-refractivity contribution is 7.80. The van der Waals surface area contributed by atoms with Crippen LogP contribution in [0.25, 0.3) is 11.3 Å². The maximum atomic E-state index is 6.42. The van der Waals surface area contributed by atoms with Crippen molar-refractivity contribution in [2.75, 3.05) is 12.0 Å². The summed E-state index contributed by atoms with van der Waals surface area (Å²) in [5.74, 6) is 3.84. The molecule has 5 aromatic rings. The van der Waals surface area contributed by atoms with Crippen LogP contribution in [0.4, 0.5) is 5.69 Å². The van der Waals surface area contributed by atoms with Crippen LogP contribution in [0, 0.1) is 0 Å². The first kappa shape index (κ1) is 23.8. The Hall–Kier alpha value is -4.62. The summed E-state index contributed by atoms with van der Waals surface area (Å²) in [5.41, 5.74) is 2.83. The summed E-state index contributed by atoms with van der Waals surface area (Å²) >= 11 is 5.84. The van der Waals surface area contributed by atoms with Gasteiger partial charge >= 0.3 is 0 Å². The molecule has 6 rings (SSSR count). The average Bonchev–Trinajstić information content (AvgIpc) is 3.60. The number of benzene rings is 3. The number of pyridine rings is 1. The van der Waals surface area contributed by atoms with Gasteiger partial charge in [-0.25, -0.2) is 0 Å². The quantitative estimate of drug-likeness (QED) is 0.226. The molecule has 1 aliphatic rings. The van der Waals surface area contributed by atoms with E-state index >= 15 is 0 Å². The molecule has 6 nitrogen and oxygen atoms in total. The molecule has 1 aliphatic heterocycles. The Kier molecular flexibility index (Phi) is 6.50. The second-order valence-electron chi connectivity index (χ2n) is 8.84. The summed E-state index contributed by atoms with van der Waals surface area (Å²) in [4.78, 5) is 6.70. The predicted molar refractivity (Wildman–Crippen MR) is 152 cm³/mol. The van der Waals surface area contributed by atoms with Gasteiger partial charge in [0.05, 0.1) is 18.8 Å². The molecule has 3 heterocycles. The lowest BCUT2D eigenvalue weighted by Gasteiger charge is -2.26. The zero-order valence-corrected chi connectivity index (χ0v) is 21.5. The monoisotopic (exact) mass is 519 g/mol. The lowest BCUT2D eigenvalue weighted by molar-refractivity contribution is 0.413. The molecule has 0 radical (unpaired) electrons. The molecule has 7 heteroatoms. The Morgan fingerprint density at radius 2 is 1.47 bits per heavy atom. The van der Waals surface area contributed by atoms with E-state index in [0.29, 0.717) is 5.11 Å². The number of ether oxygens (including phenoxy) is 2. The van der Waals surface area contributed by atoms with E-state index in [1.54, 1.807) is 13.3 Å². The van der Waals surface area contributed by atoms with Gasteiger partial charge in [0.25, 0.3) is 0 Å². The Bertz CT molecular complexity index is 1520. The van der Waals surface area contributed by atoms with Crippen LogP contribution in [0.3, 0.4) is 0 Å². The smallest absolute Gasteiger partial charge is 0.174 e. The van der Waals surface area contributed by atoms with E-state index in [4.69, 9.17) is 26.1 Å². The second-order valence-corrected chi connectivity index (χ2v) is 9.22. The third-order valence-electron chi connectivity index (χ3n) is 6.48. The molecule has 1 saturated heterocycles. The number of aromatic nitrogens is 1. The Balaban J connectivity index is 1.32. The topological polar surface area (TPSA) is 59.8 Å². The van der Waals surface area contributed by atoms with Crippen molar-refractivity contribution in [2.24, 2.45) is 0 Å². The molecule has 2 atom stereocenters. The molecule has 188 valence electrons. The largest absolute Gasteiger partial charge is 0.497 e. The number of rotatable bonds is 7. The molecule has 3 aromatic carbocycles. The Morgan fingerprint density at radius 3 is 2.16 bits per heavy atom. The third kappa shape index (κ3) is 4.71. The van der Waals surface area contributed by atoms with Crippen LogP contribution < -0.4 is 19.7 Å². The fraction of sp³-hybridized carbons (Fsp3) is 0.0968. The molecule has 0 spiro atoms. The van der Waals surface area contributed by atoms with E-state index in [1.807, 2.05) is 109 Å². The molecule has 0 bridgehead atoms. The summed E-state index contributed by atoms with van der Waals surface area (Å²) < 4.78 is 17.7. The second kappa shape index (κ2) is 10.4. The van der Waals surface area contributed by atoms with Crippen molar-refractivity contribution < 1.29 is 13.9 Å². The van der Waals surface area contributed by atoms with Gasteiger partial charge in [-0.1, -0.05) is 36.4 Å². The average molecular weight is 520 g/mol. The van der Waals surface area contributed by atoms with Crippen molar-refractivity contribution in [3.63, 3.8) is 0 Å². The normalized spacial score (nSPS) is 16.8. The van der Waals surface area contributed by atoms with Crippen LogP contribution in [-0.2, 0) is 0 Å². The van der Waals surface area contributed by atoms with E-state index in [1.165, 1.54) is 0 Å². The first-order valence-electron chi connectivity index (χ1n) is 12.3. The summed E-state index contributed by atoms with van der Waals surface area (Å²) in [6.45, 7) is 0. The van der Waals surface area contributed by atoms with Gasteiger partial charge in [-0.2, -0.15) is 0 Å². The zero-order chi connectivity index (χ0) is 25.9. The molecule has 1 fully saturated rings. The van der Waals surface area contributed by atoms with Gasteiger partial charge < -0.3 is 24.1 Å². The predicted octanol–water partition coefficient (Wildman–Crippen LogP) is 7.32. The van der Waals surface area contributed by atoms with Crippen LogP contribution >= 0.6 is 12.2 Å². The fourth-order valence-corrected chi connectivity index (χ4v) is 4.99. The lowest BCUT2D eigenvalue weighted by Crippen LogP contribution is -2.29. The van der Waals surface area contributed by atoms with Gasteiger partial charge in [-0.15, -0.1) is 0 Å². The summed E-state index contributed by atoms with van der Waals surface area (Å²) in [7, 11) is 1.64. The summed E-state index contributed by atoms with van der Waals surface area (Å²) in [6.07, 6.45) is 1.79. The van der Waals surface area contributed by atoms with E-state index in [0.717, 1.165) is 45.7 Å². The molecule has 2 aromatic heterocycles. The number of hydrogen-bond acceptors (Lipinski definition) is 5. The zero-order valence-electron chi connectivity index (χ0n) is 20.7. The third-order valence-corrected chi connectivity index (χ3v) is 6.80. The summed E-state index contributed by atoms with van der Waals surface area (Å²) in [5, 5.41) is 4.08. The van der Waals surface area contributed by atoms with Crippen molar-refractivity contribution in [3.05, 3.63) is 127 Å². The van der Waals surface area contributed by atoms with Crippen molar-refractivity contribution in [2.45, 2.75) is 12.1 Å². The van der Waals surface area contributed by atoms with Crippen LogP contribution in [0.5, 0.6) is 17.2 Å². The van der Waals surface area contributed by atoms with Crippen LogP contribution in [0.2, 0.25) is 0 Å². The van der Waals surface area contributed by atoms with Gasteiger partial charge in [0, 0.05) is 17.4 Å². The van der Waals surface area contributed by atoms with Crippen LogP contribution in [0.1, 0.15) is 23.5 Å². The fourth-order valence-electron chi connectivity index (χ4n) is 4.65. The van der Waals surface area contributed by atoms with Crippen LogP contribution in [-0.4, -0.2) is 17.2 Å². The first-order chi connectivity index (χ1) is 18.7. The minimum absolute atomic E-state index is 0.186.